The van der Waals surface area contributed by atoms with E-state index in [9.17, 15) is 0 Å². The molecule has 3 nitrogen and oxygen atoms in total. The van der Waals surface area contributed by atoms with Gasteiger partial charge in [-0.2, -0.15) is 0 Å². The lowest BCUT2D eigenvalue weighted by molar-refractivity contribution is 0.291. The van der Waals surface area contributed by atoms with Gasteiger partial charge in [0, 0.05) is 25.2 Å². The van der Waals surface area contributed by atoms with Gasteiger partial charge in [-0.25, -0.2) is 0 Å². The molecule has 106 valence electrons. The number of hydrogen-bond acceptors (Lipinski definition) is 4. The van der Waals surface area contributed by atoms with Crippen molar-refractivity contribution in [2.24, 2.45) is 0 Å². The summed E-state index contributed by atoms with van der Waals surface area (Å²) < 4.78 is 7.00. The maximum Gasteiger partial charge on any atom is 0.146 e. The van der Waals surface area contributed by atoms with Crippen LogP contribution in [-0.4, -0.2) is 25.1 Å². The molecule has 0 fully saturated rings. The highest BCUT2D eigenvalue weighted by Gasteiger charge is 2.15. The Kier molecular flexibility index (Phi) is 4.29. The van der Waals surface area contributed by atoms with E-state index in [4.69, 9.17) is 4.74 Å². The Balaban J connectivity index is 1.71. The number of fused-ring (bicyclic) bond motifs is 1. The number of ether oxygens (including phenoxy) is 1. The summed E-state index contributed by atoms with van der Waals surface area (Å²) >= 11 is 5.24. The smallest absolute Gasteiger partial charge is 0.146 e. The molecule has 2 heterocycles. The minimum absolute atomic E-state index is 0.741. The SMILES string of the molecule is CN(Cc1csc(Br)c1)Cc1cccc2c1OCCN2. The molecular weight excluding hydrogens is 336 g/mol. The summed E-state index contributed by atoms with van der Waals surface area (Å²) in [6.45, 7) is 3.46. The molecule has 0 radical (unpaired) electrons. The first-order chi connectivity index (χ1) is 9.72. The summed E-state index contributed by atoms with van der Waals surface area (Å²) in [4.78, 5) is 2.31. The predicted octanol–water partition coefficient (Wildman–Crippen LogP) is 3.95. The third-order valence-corrected chi connectivity index (χ3v) is 4.83. The first-order valence-corrected chi connectivity index (χ1v) is 8.29. The largest absolute Gasteiger partial charge is 0.489 e. The lowest BCUT2D eigenvalue weighted by atomic mass is 10.1. The maximum atomic E-state index is 5.82. The number of halogens is 1. The van der Waals surface area contributed by atoms with Crippen LogP contribution in [-0.2, 0) is 13.1 Å². The maximum absolute atomic E-state index is 5.82. The molecule has 0 bridgehead atoms. The highest BCUT2D eigenvalue weighted by molar-refractivity contribution is 9.11. The monoisotopic (exact) mass is 352 g/mol. The summed E-state index contributed by atoms with van der Waals surface area (Å²) in [5.41, 5.74) is 3.69. The van der Waals surface area contributed by atoms with Crippen LogP contribution in [0.5, 0.6) is 5.75 Å². The van der Waals surface area contributed by atoms with Gasteiger partial charge in [-0.05, 0) is 46.1 Å². The minimum atomic E-state index is 0.741. The highest BCUT2D eigenvalue weighted by Crippen LogP contribution is 2.32. The Labute approximate surface area is 131 Å². The fourth-order valence-corrected chi connectivity index (χ4v) is 3.65. The standard InChI is InChI=1S/C15H17BrN2OS/c1-18(8-11-7-14(16)20-10-11)9-12-3-2-4-13-15(12)19-6-5-17-13/h2-4,7,10,17H,5-6,8-9H2,1H3. The number of anilines is 1. The Bertz CT molecular complexity index is 599. The van der Waals surface area contributed by atoms with Crippen LogP contribution in [0.25, 0.3) is 0 Å². The molecule has 0 saturated carbocycles. The van der Waals surface area contributed by atoms with Crippen LogP contribution < -0.4 is 10.1 Å². The second kappa shape index (κ2) is 6.16. The van der Waals surface area contributed by atoms with Crippen molar-refractivity contribution < 1.29 is 4.74 Å². The van der Waals surface area contributed by atoms with Gasteiger partial charge in [-0.15, -0.1) is 11.3 Å². The number of para-hydroxylation sites is 1. The molecule has 0 amide bonds. The van der Waals surface area contributed by atoms with E-state index in [2.05, 4.69) is 62.8 Å². The summed E-state index contributed by atoms with van der Waals surface area (Å²) in [6, 6.07) is 8.49. The lowest BCUT2D eigenvalue weighted by Gasteiger charge is -2.24. The summed E-state index contributed by atoms with van der Waals surface area (Å²) in [5.74, 6) is 1.01. The number of nitrogens with one attached hydrogen (secondary N) is 1. The average Bonchev–Trinajstić information content (AvgIpc) is 2.84. The molecule has 2 aromatic rings. The number of rotatable bonds is 4. The van der Waals surface area contributed by atoms with Gasteiger partial charge in [0.05, 0.1) is 9.47 Å². The summed E-state index contributed by atoms with van der Waals surface area (Å²) in [6.07, 6.45) is 0. The fourth-order valence-electron chi connectivity index (χ4n) is 2.44. The van der Waals surface area contributed by atoms with E-state index >= 15 is 0 Å². The zero-order valence-electron chi connectivity index (χ0n) is 11.4. The third kappa shape index (κ3) is 3.16. The molecular formula is C15H17BrN2OS. The van der Waals surface area contributed by atoms with E-state index in [0.717, 1.165) is 37.7 Å². The first kappa shape index (κ1) is 13.9. The highest BCUT2D eigenvalue weighted by atomic mass is 79.9. The molecule has 1 N–H and O–H groups in total. The molecule has 20 heavy (non-hydrogen) atoms. The van der Waals surface area contributed by atoms with Gasteiger partial charge in [0.15, 0.2) is 0 Å². The van der Waals surface area contributed by atoms with Gasteiger partial charge >= 0.3 is 0 Å². The molecule has 5 heteroatoms. The Morgan fingerprint density at radius 1 is 1.40 bits per heavy atom. The van der Waals surface area contributed by atoms with Gasteiger partial charge in [-0.1, -0.05) is 12.1 Å². The Morgan fingerprint density at radius 3 is 3.10 bits per heavy atom. The van der Waals surface area contributed by atoms with Gasteiger partial charge < -0.3 is 10.1 Å². The van der Waals surface area contributed by atoms with E-state index in [-0.39, 0.29) is 0 Å². The van der Waals surface area contributed by atoms with Crippen LogP contribution in [0.2, 0.25) is 0 Å². The van der Waals surface area contributed by atoms with E-state index in [0.29, 0.717) is 0 Å². The van der Waals surface area contributed by atoms with Crippen molar-refractivity contribution in [3.8, 4) is 5.75 Å². The van der Waals surface area contributed by atoms with Gasteiger partial charge in [-0.3, -0.25) is 4.90 Å². The topological polar surface area (TPSA) is 24.5 Å². The normalized spacial score (nSPS) is 13.8. The second-order valence-electron chi connectivity index (χ2n) is 5.00. The van der Waals surface area contributed by atoms with Crippen LogP contribution in [0, 0.1) is 0 Å². The molecule has 0 unspecified atom stereocenters. The van der Waals surface area contributed by atoms with Crippen molar-refractivity contribution in [1.82, 2.24) is 4.90 Å². The lowest BCUT2D eigenvalue weighted by Crippen LogP contribution is -2.22. The molecule has 1 aromatic carbocycles. The van der Waals surface area contributed by atoms with E-state index in [1.807, 2.05) is 0 Å². The molecule has 0 aliphatic carbocycles. The van der Waals surface area contributed by atoms with Crippen LogP contribution in [0.15, 0.2) is 33.4 Å². The Morgan fingerprint density at radius 2 is 2.30 bits per heavy atom. The molecule has 0 spiro atoms. The number of thiophene rings is 1. The van der Waals surface area contributed by atoms with Crippen molar-refractivity contribution in [1.29, 1.82) is 0 Å². The quantitative estimate of drug-likeness (QED) is 0.901. The zero-order valence-corrected chi connectivity index (χ0v) is 13.8. The van der Waals surface area contributed by atoms with Crippen LogP contribution in [0.1, 0.15) is 11.1 Å². The molecule has 3 rings (SSSR count). The van der Waals surface area contributed by atoms with Gasteiger partial charge in [0.1, 0.15) is 12.4 Å². The van der Waals surface area contributed by atoms with Crippen molar-refractivity contribution in [2.45, 2.75) is 13.1 Å². The van der Waals surface area contributed by atoms with Gasteiger partial charge in [0.25, 0.3) is 0 Å². The van der Waals surface area contributed by atoms with Crippen molar-refractivity contribution in [3.63, 3.8) is 0 Å². The van der Waals surface area contributed by atoms with Crippen molar-refractivity contribution in [3.05, 3.63) is 44.6 Å². The first-order valence-electron chi connectivity index (χ1n) is 6.62. The van der Waals surface area contributed by atoms with Crippen molar-refractivity contribution >= 4 is 33.0 Å². The molecule has 1 aliphatic heterocycles. The van der Waals surface area contributed by atoms with Crippen molar-refractivity contribution in [2.75, 3.05) is 25.5 Å². The summed E-state index contributed by atoms with van der Waals surface area (Å²) in [5, 5.41) is 5.57. The second-order valence-corrected chi connectivity index (χ2v) is 7.29. The fraction of sp³-hybridized carbons (Fsp3) is 0.333. The third-order valence-electron chi connectivity index (χ3n) is 3.28. The minimum Gasteiger partial charge on any atom is -0.489 e. The van der Waals surface area contributed by atoms with E-state index < -0.39 is 0 Å². The van der Waals surface area contributed by atoms with Crippen LogP contribution >= 0.6 is 27.3 Å². The zero-order chi connectivity index (χ0) is 13.9. The predicted molar refractivity (Wildman–Crippen MR) is 87.6 cm³/mol. The van der Waals surface area contributed by atoms with E-state index in [1.54, 1.807) is 11.3 Å². The van der Waals surface area contributed by atoms with Crippen LogP contribution in [0.4, 0.5) is 5.69 Å². The van der Waals surface area contributed by atoms with Crippen LogP contribution in [0.3, 0.4) is 0 Å². The summed E-state index contributed by atoms with van der Waals surface area (Å²) in [7, 11) is 2.14. The van der Waals surface area contributed by atoms with Gasteiger partial charge in [0.2, 0.25) is 0 Å². The number of nitrogens with zero attached hydrogens (tertiary/aromatic N) is 1. The van der Waals surface area contributed by atoms with E-state index in [1.165, 1.54) is 14.9 Å². The Hall–Kier alpha value is -1.04. The molecule has 1 aliphatic rings. The molecule has 0 saturated heterocycles. The molecule has 0 atom stereocenters. The average molecular weight is 353 g/mol. The number of hydrogen-bond donors (Lipinski definition) is 1. The molecule has 1 aromatic heterocycles. The number of benzene rings is 1.